The Kier molecular flexibility index (Phi) is 6.20. The Morgan fingerprint density at radius 3 is 2.70 bits per heavy atom. The predicted molar refractivity (Wildman–Crippen MR) is 85.2 cm³/mol. The first-order valence-electron chi connectivity index (χ1n) is 7.81. The first-order valence-corrected chi connectivity index (χ1v) is 7.81. The zero-order chi connectivity index (χ0) is 20.2. The van der Waals surface area contributed by atoms with Crippen LogP contribution < -0.4 is 5.32 Å². The minimum Gasteiger partial charge on any atom is -0.480 e. The number of morpholine rings is 1. The topological polar surface area (TPSA) is 122 Å². The molecule has 1 aromatic carbocycles. The Bertz CT molecular complexity index is 740. The molecule has 2 N–H and O–H groups in total. The van der Waals surface area contributed by atoms with Crippen molar-refractivity contribution >= 4 is 23.3 Å². The standard InChI is InChI=1S/C15H16F3N3O6/c16-15(17,18)9-1-2-10(11(7-9)21(25)26)19-4-3-13(22)20-5-6-27-8-12(20)14(23)24/h1-2,7,12,19H,3-6,8H2,(H,23,24). The normalized spacial score (nSPS) is 17.4. The van der Waals surface area contributed by atoms with Crippen molar-refractivity contribution in [1.82, 2.24) is 4.90 Å². The number of carboxylic acids is 1. The number of alkyl halides is 3. The highest BCUT2D eigenvalue weighted by molar-refractivity contribution is 5.84. The van der Waals surface area contributed by atoms with Crippen molar-refractivity contribution < 1.29 is 37.5 Å². The lowest BCUT2D eigenvalue weighted by Crippen LogP contribution is -2.52. The van der Waals surface area contributed by atoms with Crippen LogP contribution in [0.15, 0.2) is 18.2 Å². The molecule has 0 spiro atoms. The van der Waals surface area contributed by atoms with Crippen LogP contribution >= 0.6 is 0 Å². The van der Waals surface area contributed by atoms with Gasteiger partial charge in [0, 0.05) is 25.6 Å². The second-order valence-corrected chi connectivity index (χ2v) is 5.68. The number of nitrogens with one attached hydrogen (secondary N) is 1. The maximum absolute atomic E-state index is 12.7. The summed E-state index contributed by atoms with van der Waals surface area (Å²) in [6, 6.07) is 0.901. The predicted octanol–water partition coefficient (Wildman–Crippen LogP) is 1.73. The molecular weight excluding hydrogens is 375 g/mol. The van der Waals surface area contributed by atoms with E-state index in [1.165, 1.54) is 0 Å². The number of benzene rings is 1. The molecule has 1 aliphatic rings. The number of nitro benzene ring substituents is 1. The quantitative estimate of drug-likeness (QED) is 0.559. The number of aliphatic carboxylic acids is 1. The summed E-state index contributed by atoms with van der Waals surface area (Å²) >= 11 is 0. The molecule has 27 heavy (non-hydrogen) atoms. The summed E-state index contributed by atoms with van der Waals surface area (Å²) in [4.78, 5) is 34.5. The van der Waals surface area contributed by atoms with Crippen LogP contribution in [-0.4, -0.2) is 59.2 Å². The Labute approximate surface area is 150 Å². The third-order valence-corrected chi connectivity index (χ3v) is 3.91. The van der Waals surface area contributed by atoms with E-state index in [-0.39, 0.29) is 38.4 Å². The van der Waals surface area contributed by atoms with E-state index in [0.29, 0.717) is 12.1 Å². The van der Waals surface area contributed by atoms with Gasteiger partial charge in [-0.25, -0.2) is 4.79 Å². The maximum atomic E-state index is 12.7. The van der Waals surface area contributed by atoms with Gasteiger partial charge in [0.25, 0.3) is 5.69 Å². The Balaban J connectivity index is 2.03. The molecule has 1 heterocycles. The Morgan fingerprint density at radius 2 is 2.11 bits per heavy atom. The number of halogens is 3. The molecule has 0 saturated carbocycles. The van der Waals surface area contributed by atoms with Crippen LogP contribution in [0.2, 0.25) is 0 Å². The molecule has 1 saturated heterocycles. The summed E-state index contributed by atoms with van der Waals surface area (Å²) in [7, 11) is 0. The molecule has 1 fully saturated rings. The van der Waals surface area contributed by atoms with Crippen molar-refractivity contribution in [2.75, 3.05) is 31.6 Å². The number of anilines is 1. The highest BCUT2D eigenvalue weighted by atomic mass is 19.4. The minimum atomic E-state index is -4.72. The summed E-state index contributed by atoms with van der Waals surface area (Å²) in [5.41, 5.74) is -2.10. The first kappa shape index (κ1) is 20.4. The van der Waals surface area contributed by atoms with Crippen LogP contribution in [0.5, 0.6) is 0 Å². The lowest BCUT2D eigenvalue weighted by atomic mass is 10.1. The fourth-order valence-electron chi connectivity index (χ4n) is 2.56. The smallest absolute Gasteiger partial charge is 0.416 e. The molecule has 1 aromatic rings. The lowest BCUT2D eigenvalue weighted by molar-refractivity contribution is -0.384. The molecular formula is C15H16F3N3O6. The summed E-state index contributed by atoms with van der Waals surface area (Å²) in [6.45, 7) is 0.0250. The van der Waals surface area contributed by atoms with Crippen LogP contribution in [0.4, 0.5) is 24.5 Å². The number of hydrogen-bond acceptors (Lipinski definition) is 6. The number of ether oxygens (including phenoxy) is 1. The second kappa shape index (κ2) is 8.20. The summed E-state index contributed by atoms with van der Waals surface area (Å²) in [5.74, 6) is -1.72. The van der Waals surface area contributed by atoms with Crippen molar-refractivity contribution in [1.29, 1.82) is 0 Å². The van der Waals surface area contributed by atoms with Gasteiger partial charge in [0.2, 0.25) is 5.91 Å². The zero-order valence-electron chi connectivity index (χ0n) is 13.9. The Hall–Kier alpha value is -2.89. The number of carboxylic acid groups (broad SMARTS) is 1. The SMILES string of the molecule is O=C(O)C1COCCN1C(=O)CCNc1ccc(C(F)(F)F)cc1[N+](=O)[O-]. The lowest BCUT2D eigenvalue weighted by Gasteiger charge is -2.32. The van der Waals surface area contributed by atoms with E-state index in [0.717, 1.165) is 11.0 Å². The van der Waals surface area contributed by atoms with E-state index in [2.05, 4.69) is 5.32 Å². The van der Waals surface area contributed by atoms with Crippen molar-refractivity contribution in [3.05, 3.63) is 33.9 Å². The van der Waals surface area contributed by atoms with Gasteiger partial charge in [-0.3, -0.25) is 14.9 Å². The van der Waals surface area contributed by atoms with E-state index >= 15 is 0 Å². The number of rotatable bonds is 6. The van der Waals surface area contributed by atoms with Gasteiger partial charge < -0.3 is 20.1 Å². The minimum absolute atomic E-state index is 0.0935. The molecule has 9 nitrogen and oxygen atoms in total. The van der Waals surface area contributed by atoms with Crippen LogP contribution in [0.3, 0.4) is 0 Å². The van der Waals surface area contributed by atoms with Crippen molar-refractivity contribution in [2.45, 2.75) is 18.6 Å². The molecule has 2 rings (SSSR count). The van der Waals surface area contributed by atoms with Crippen molar-refractivity contribution in [2.24, 2.45) is 0 Å². The molecule has 12 heteroatoms. The van der Waals surface area contributed by atoms with E-state index in [4.69, 9.17) is 9.84 Å². The first-order chi connectivity index (χ1) is 12.6. The number of nitrogens with zero attached hydrogens (tertiary/aromatic N) is 2. The fourth-order valence-corrected chi connectivity index (χ4v) is 2.56. The van der Waals surface area contributed by atoms with E-state index in [1.54, 1.807) is 0 Å². The van der Waals surface area contributed by atoms with Gasteiger partial charge >= 0.3 is 12.1 Å². The number of carbonyl (C=O) groups is 2. The Morgan fingerprint density at radius 1 is 1.41 bits per heavy atom. The summed E-state index contributed by atoms with van der Waals surface area (Å²) < 4.78 is 43.1. The van der Waals surface area contributed by atoms with Crippen LogP contribution in [0, 0.1) is 10.1 Å². The van der Waals surface area contributed by atoms with Crippen LogP contribution in [-0.2, 0) is 20.5 Å². The van der Waals surface area contributed by atoms with Crippen molar-refractivity contribution in [3.8, 4) is 0 Å². The second-order valence-electron chi connectivity index (χ2n) is 5.68. The number of amides is 1. The third-order valence-electron chi connectivity index (χ3n) is 3.91. The molecule has 1 unspecified atom stereocenters. The van der Waals surface area contributed by atoms with E-state index in [1.807, 2.05) is 0 Å². The zero-order valence-corrected chi connectivity index (χ0v) is 13.9. The molecule has 0 aliphatic carbocycles. The number of hydrogen-bond donors (Lipinski definition) is 2. The van der Waals surface area contributed by atoms with Gasteiger partial charge in [-0.2, -0.15) is 13.2 Å². The van der Waals surface area contributed by atoms with Crippen molar-refractivity contribution in [3.63, 3.8) is 0 Å². The van der Waals surface area contributed by atoms with Crippen LogP contribution in [0.25, 0.3) is 0 Å². The van der Waals surface area contributed by atoms with Gasteiger partial charge in [0.15, 0.2) is 6.04 Å². The molecule has 1 aliphatic heterocycles. The molecule has 1 amide bonds. The largest absolute Gasteiger partial charge is 0.480 e. The summed E-state index contributed by atoms with van der Waals surface area (Å²) in [6.07, 6.45) is -4.91. The highest BCUT2D eigenvalue weighted by Crippen LogP contribution is 2.34. The van der Waals surface area contributed by atoms with Gasteiger partial charge in [0.1, 0.15) is 5.69 Å². The van der Waals surface area contributed by atoms with Crippen LogP contribution in [0.1, 0.15) is 12.0 Å². The van der Waals surface area contributed by atoms with E-state index < -0.39 is 40.3 Å². The average Bonchev–Trinajstić information content (AvgIpc) is 2.60. The maximum Gasteiger partial charge on any atom is 0.416 e. The van der Waals surface area contributed by atoms with E-state index in [9.17, 15) is 32.9 Å². The van der Waals surface area contributed by atoms with Gasteiger partial charge in [-0.15, -0.1) is 0 Å². The average molecular weight is 391 g/mol. The molecule has 0 radical (unpaired) electrons. The molecule has 0 bridgehead atoms. The number of carbonyl (C=O) groups excluding carboxylic acids is 1. The fraction of sp³-hybridized carbons (Fsp3) is 0.467. The monoisotopic (exact) mass is 391 g/mol. The van der Waals surface area contributed by atoms with Gasteiger partial charge in [-0.05, 0) is 12.1 Å². The summed E-state index contributed by atoms with van der Waals surface area (Å²) in [5, 5.41) is 22.7. The van der Waals surface area contributed by atoms with Gasteiger partial charge in [0.05, 0.1) is 23.7 Å². The molecule has 0 aromatic heterocycles. The third kappa shape index (κ3) is 5.06. The number of nitro groups is 1. The molecule has 1 atom stereocenters. The molecule has 148 valence electrons. The van der Waals surface area contributed by atoms with Gasteiger partial charge in [-0.1, -0.05) is 0 Å². The highest BCUT2D eigenvalue weighted by Gasteiger charge is 2.34.